The SMILES string of the molecule is O=C(CN(C(=O)c1ccc(Cl)cc1)N1C(=O)[C@@H]2[C@H]3C=C[C@@H]([C@@H]4C[C@@H]34)[C@H]2C1=O)c1ccccc1. The van der Waals surface area contributed by atoms with E-state index in [0.29, 0.717) is 22.4 Å². The lowest BCUT2D eigenvalue weighted by Gasteiger charge is -2.37. The van der Waals surface area contributed by atoms with E-state index in [9.17, 15) is 19.2 Å². The summed E-state index contributed by atoms with van der Waals surface area (Å²) in [4.78, 5) is 53.8. The van der Waals surface area contributed by atoms with Crippen molar-refractivity contribution >= 4 is 35.1 Å². The number of halogens is 1. The normalized spacial score (nSPS) is 30.8. The van der Waals surface area contributed by atoms with E-state index in [2.05, 4.69) is 12.2 Å². The van der Waals surface area contributed by atoms with Gasteiger partial charge in [-0.2, -0.15) is 5.01 Å². The number of Topliss-reactive ketones (excluding diaryl/α,β-unsaturated/α-hetero) is 1. The zero-order chi connectivity index (χ0) is 22.9. The summed E-state index contributed by atoms with van der Waals surface area (Å²) in [7, 11) is 0. The maximum atomic E-state index is 13.6. The summed E-state index contributed by atoms with van der Waals surface area (Å²) in [6.07, 6.45) is 5.21. The van der Waals surface area contributed by atoms with Crippen LogP contribution in [-0.2, 0) is 9.59 Å². The Balaban J connectivity index is 1.37. The van der Waals surface area contributed by atoms with Crippen LogP contribution < -0.4 is 0 Å². The summed E-state index contributed by atoms with van der Waals surface area (Å²) in [5, 5.41) is 2.46. The van der Waals surface area contributed by atoms with Gasteiger partial charge in [-0.3, -0.25) is 19.2 Å². The number of hydrogen-bond acceptors (Lipinski definition) is 4. The number of rotatable bonds is 5. The summed E-state index contributed by atoms with van der Waals surface area (Å²) in [6.45, 7) is -0.405. The molecule has 0 aromatic heterocycles. The lowest BCUT2D eigenvalue weighted by molar-refractivity contribution is -0.154. The summed E-state index contributed by atoms with van der Waals surface area (Å²) in [6, 6.07) is 14.8. The number of carbonyl (C=O) groups excluding carboxylic acids is 4. The third-order valence-corrected chi connectivity index (χ3v) is 7.85. The van der Waals surface area contributed by atoms with Crippen LogP contribution in [0.4, 0.5) is 0 Å². The number of nitrogens with zero attached hydrogens (tertiary/aromatic N) is 2. The van der Waals surface area contributed by atoms with Crippen LogP contribution in [0.5, 0.6) is 0 Å². The summed E-state index contributed by atoms with van der Waals surface area (Å²) in [5.41, 5.74) is 0.658. The highest BCUT2D eigenvalue weighted by Gasteiger charge is 2.68. The molecule has 2 bridgehead atoms. The topological polar surface area (TPSA) is 74.8 Å². The Morgan fingerprint density at radius 2 is 1.42 bits per heavy atom. The molecule has 0 N–H and O–H groups in total. The summed E-state index contributed by atoms with van der Waals surface area (Å²) in [5.74, 6) is -1.64. The molecule has 1 aliphatic heterocycles. The van der Waals surface area contributed by atoms with Gasteiger partial charge in [0.15, 0.2) is 5.78 Å². The van der Waals surface area contributed by atoms with Crippen LogP contribution in [0.3, 0.4) is 0 Å². The van der Waals surface area contributed by atoms with Crippen molar-refractivity contribution < 1.29 is 19.2 Å². The molecular formula is C26H21ClN2O4. The molecule has 3 fully saturated rings. The number of benzene rings is 2. The van der Waals surface area contributed by atoms with Gasteiger partial charge in [0.2, 0.25) is 0 Å². The molecule has 2 saturated carbocycles. The van der Waals surface area contributed by atoms with E-state index < -0.39 is 24.3 Å². The van der Waals surface area contributed by atoms with E-state index in [0.717, 1.165) is 16.4 Å². The van der Waals surface area contributed by atoms with Crippen molar-refractivity contribution in [1.29, 1.82) is 0 Å². The fourth-order valence-electron chi connectivity index (χ4n) is 6.01. The second-order valence-electron chi connectivity index (χ2n) is 9.30. The Bertz CT molecular complexity index is 1170. The summed E-state index contributed by atoms with van der Waals surface area (Å²) >= 11 is 5.97. The van der Waals surface area contributed by atoms with Gasteiger partial charge >= 0.3 is 0 Å². The van der Waals surface area contributed by atoms with Crippen molar-refractivity contribution in [3.05, 3.63) is 82.9 Å². The molecule has 0 spiro atoms. The Kier molecular flexibility index (Phi) is 4.56. The fraction of sp³-hybridized carbons (Fsp3) is 0.308. The summed E-state index contributed by atoms with van der Waals surface area (Å²) < 4.78 is 0. The van der Waals surface area contributed by atoms with E-state index in [-0.39, 0.29) is 35.0 Å². The molecule has 1 heterocycles. The minimum absolute atomic E-state index is 0.0313. The van der Waals surface area contributed by atoms with Gasteiger partial charge in [0.1, 0.15) is 6.54 Å². The van der Waals surface area contributed by atoms with E-state index in [4.69, 9.17) is 11.6 Å². The third kappa shape index (κ3) is 3.08. The van der Waals surface area contributed by atoms with Crippen LogP contribution in [0.2, 0.25) is 5.02 Å². The highest BCUT2D eigenvalue weighted by molar-refractivity contribution is 6.30. The molecule has 1 saturated heterocycles. The molecule has 0 radical (unpaired) electrons. The Morgan fingerprint density at radius 1 is 0.848 bits per heavy atom. The molecule has 166 valence electrons. The van der Waals surface area contributed by atoms with Crippen molar-refractivity contribution in [3.63, 3.8) is 0 Å². The first-order valence-corrected chi connectivity index (χ1v) is 11.5. The van der Waals surface area contributed by atoms with Crippen LogP contribution in [0.15, 0.2) is 66.7 Å². The molecule has 5 aliphatic rings. The Labute approximate surface area is 195 Å². The Morgan fingerprint density at radius 3 is 2.00 bits per heavy atom. The maximum absolute atomic E-state index is 13.6. The Hall–Kier alpha value is -3.25. The van der Waals surface area contributed by atoms with Crippen molar-refractivity contribution in [2.24, 2.45) is 35.5 Å². The minimum Gasteiger partial charge on any atom is -0.292 e. The van der Waals surface area contributed by atoms with Gasteiger partial charge < -0.3 is 0 Å². The largest absolute Gasteiger partial charge is 0.292 e. The quantitative estimate of drug-likeness (QED) is 0.388. The van der Waals surface area contributed by atoms with E-state index >= 15 is 0 Å². The predicted molar refractivity (Wildman–Crippen MR) is 120 cm³/mol. The molecule has 2 aromatic rings. The van der Waals surface area contributed by atoms with E-state index in [1.54, 1.807) is 42.5 Å². The number of amides is 3. The van der Waals surface area contributed by atoms with Crippen LogP contribution in [0.25, 0.3) is 0 Å². The van der Waals surface area contributed by atoms with Crippen molar-refractivity contribution in [3.8, 4) is 0 Å². The second-order valence-corrected chi connectivity index (χ2v) is 9.74. The van der Waals surface area contributed by atoms with Gasteiger partial charge in [-0.15, -0.1) is 0 Å². The molecule has 3 amide bonds. The molecule has 7 heteroatoms. The monoisotopic (exact) mass is 460 g/mol. The number of hydrogen-bond donors (Lipinski definition) is 0. The first-order valence-electron chi connectivity index (χ1n) is 11.2. The van der Waals surface area contributed by atoms with Gasteiger partial charge in [-0.1, -0.05) is 54.1 Å². The van der Waals surface area contributed by atoms with Gasteiger partial charge in [0.05, 0.1) is 11.8 Å². The molecule has 2 aromatic carbocycles. The van der Waals surface area contributed by atoms with E-state index in [1.807, 2.05) is 0 Å². The van der Waals surface area contributed by atoms with Gasteiger partial charge in [0, 0.05) is 16.1 Å². The zero-order valence-corrected chi connectivity index (χ0v) is 18.4. The lowest BCUT2D eigenvalue weighted by Crippen LogP contribution is -2.52. The average molecular weight is 461 g/mol. The van der Waals surface area contributed by atoms with Gasteiger partial charge in [0.25, 0.3) is 17.7 Å². The first kappa shape index (κ1) is 20.4. The zero-order valence-electron chi connectivity index (χ0n) is 17.6. The van der Waals surface area contributed by atoms with E-state index in [1.165, 1.54) is 12.1 Å². The van der Waals surface area contributed by atoms with Crippen molar-refractivity contribution in [2.45, 2.75) is 6.42 Å². The lowest BCUT2D eigenvalue weighted by atomic mass is 9.63. The molecule has 33 heavy (non-hydrogen) atoms. The standard InChI is InChI=1S/C26H21ClN2O4/c27-16-8-6-15(7-9-16)24(31)28(13-21(30)14-4-2-1-3-5-14)29-25(32)22-17-10-11-18(20-12-19(17)20)23(22)26(29)33/h1-11,17-20,22-23H,12-13H2/t17-,18-,19-,20-,22+,23+/m0/s1. The number of hydrazine groups is 1. The first-order chi connectivity index (χ1) is 16.0. The number of ketones is 1. The van der Waals surface area contributed by atoms with Crippen molar-refractivity contribution in [2.75, 3.05) is 6.54 Å². The molecule has 6 atom stereocenters. The fourth-order valence-corrected chi connectivity index (χ4v) is 6.13. The average Bonchev–Trinajstić information content (AvgIpc) is 3.62. The molecule has 7 rings (SSSR count). The molecule has 0 unspecified atom stereocenters. The third-order valence-electron chi connectivity index (χ3n) is 7.60. The molecular weight excluding hydrogens is 440 g/mol. The smallest absolute Gasteiger partial charge is 0.273 e. The number of allylic oxidation sites excluding steroid dienone is 2. The molecule has 4 aliphatic carbocycles. The van der Waals surface area contributed by atoms with Crippen LogP contribution >= 0.6 is 11.6 Å². The van der Waals surface area contributed by atoms with Crippen molar-refractivity contribution in [1.82, 2.24) is 10.0 Å². The number of imide groups is 1. The molecule has 6 nitrogen and oxygen atoms in total. The van der Waals surface area contributed by atoms with Crippen LogP contribution in [0, 0.1) is 35.5 Å². The number of carbonyl (C=O) groups is 4. The maximum Gasteiger partial charge on any atom is 0.273 e. The second kappa shape index (κ2) is 7.39. The highest BCUT2D eigenvalue weighted by Crippen LogP contribution is 2.65. The predicted octanol–water partition coefficient (Wildman–Crippen LogP) is 3.63. The van der Waals surface area contributed by atoms with Gasteiger partial charge in [-0.25, -0.2) is 5.01 Å². The highest BCUT2D eigenvalue weighted by atomic mass is 35.5. The minimum atomic E-state index is -0.582. The van der Waals surface area contributed by atoms with Crippen LogP contribution in [0.1, 0.15) is 27.1 Å². The van der Waals surface area contributed by atoms with Gasteiger partial charge in [-0.05, 0) is 54.4 Å². The van der Waals surface area contributed by atoms with Crippen LogP contribution in [-0.4, -0.2) is 40.1 Å².